The summed E-state index contributed by atoms with van der Waals surface area (Å²) < 4.78 is 5.60. The molecule has 1 aromatic carbocycles. The van der Waals surface area contributed by atoms with Crippen molar-refractivity contribution in [1.82, 2.24) is 0 Å². The number of rotatable bonds is 4. The highest BCUT2D eigenvalue weighted by Crippen LogP contribution is 2.39. The molecule has 0 spiro atoms. The van der Waals surface area contributed by atoms with Gasteiger partial charge in [-0.1, -0.05) is 18.5 Å². The van der Waals surface area contributed by atoms with Crippen molar-refractivity contribution in [3.8, 4) is 11.8 Å². The normalized spacial score (nSPS) is 15.9. The van der Waals surface area contributed by atoms with Crippen molar-refractivity contribution < 1.29 is 9.53 Å². The number of ether oxygens (including phenoxy) is 1. The van der Waals surface area contributed by atoms with Crippen molar-refractivity contribution in [1.29, 1.82) is 5.26 Å². The third-order valence-corrected chi connectivity index (χ3v) is 6.42. The monoisotopic (exact) mass is 388 g/mol. The van der Waals surface area contributed by atoms with Gasteiger partial charge in [-0.15, -0.1) is 11.3 Å². The molecule has 1 heterocycles. The van der Waals surface area contributed by atoms with E-state index in [0.29, 0.717) is 27.3 Å². The van der Waals surface area contributed by atoms with E-state index in [1.54, 1.807) is 0 Å². The third-order valence-electron chi connectivity index (χ3n) is 4.66. The van der Waals surface area contributed by atoms with Gasteiger partial charge in [0.25, 0.3) is 5.91 Å². The lowest BCUT2D eigenvalue weighted by Gasteiger charge is -2.17. The van der Waals surface area contributed by atoms with E-state index >= 15 is 0 Å². The molecule has 3 rings (SSSR count). The third kappa shape index (κ3) is 3.87. The Morgan fingerprint density at radius 2 is 2.12 bits per heavy atom. The number of aryl methyl sites for hydroxylation is 2. The topological polar surface area (TPSA) is 62.1 Å². The Bertz CT molecular complexity index is 875. The highest BCUT2D eigenvalue weighted by atomic mass is 35.5. The Kier molecular flexibility index (Phi) is 5.55. The molecule has 136 valence electrons. The number of carbonyl (C=O) groups is 1. The second-order valence-corrected chi connectivity index (χ2v) is 8.36. The molecule has 26 heavy (non-hydrogen) atoms. The van der Waals surface area contributed by atoms with Crippen molar-refractivity contribution >= 4 is 33.8 Å². The number of halogens is 1. The number of benzene rings is 1. The number of carbonyl (C=O) groups excluding carboxylic acids is 1. The average Bonchev–Trinajstić information content (AvgIpc) is 2.93. The SMILES string of the molecule is Cc1cc(OCC(=O)Nc2sc3c(c2C#N)CC[C@@H](C)C3)cc(C)c1Cl. The molecule has 6 heteroatoms. The van der Waals surface area contributed by atoms with Crippen LogP contribution in [0.15, 0.2) is 12.1 Å². The van der Waals surface area contributed by atoms with E-state index in [2.05, 4.69) is 18.3 Å². The first-order chi connectivity index (χ1) is 12.4. The maximum atomic E-state index is 12.3. The van der Waals surface area contributed by atoms with Crippen LogP contribution in [-0.4, -0.2) is 12.5 Å². The number of hydrogen-bond donors (Lipinski definition) is 1. The summed E-state index contributed by atoms with van der Waals surface area (Å²) >= 11 is 7.67. The van der Waals surface area contributed by atoms with Gasteiger partial charge in [-0.25, -0.2) is 0 Å². The first-order valence-corrected chi connectivity index (χ1v) is 9.82. The van der Waals surface area contributed by atoms with Gasteiger partial charge in [0.1, 0.15) is 16.8 Å². The minimum Gasteiger partial charge on any atom is -0.484 e. The lowest BCUT2D eigenvalue weighted by Crippen LogP contribution is -2.20. The molecular formula is C20H21ClN2O2S. The Morgan fingerprint density at radius 1 is 1.42 bits per heavy atom. The summed E-state index contributed by atoms with van der Waals surface area (Å²) in [5.41, 5.74) is 3.54. The molecule has 0 unspecified atom stereocenters. The van der Waals surface area contributed by atoms with Crippen molar-refractivity contribution in [2.45, 2.75) is 40.0 Å². The number of anilines is 1. The second-order valence-electron chi connectivity index (χ2n) is 6.88. The van der Waals surface area contributed by atoms with Gasteiger partial charge in [0, 0.05) is 9.90 Å². The summed E-state index contributed by atoms with van der Waals surface area (Å²) in [6.07, 6.45) is 2.97. The first-order valence-electron chi connectivity index (χ1n) is 8.63. The average molecular weight is 389 g/mol. The number of nitrogens with one attached hydrogen (secondary N) is 1. The van der Waals surface area contributed by atoms with E-state index in [-0.39, 0.29) is 12.5 Å². The highest BCUT2D eigenvalue weighted by Gasteiger charge is 2.24. The number of nitrogens with zero attached hydrogens (tertiary/aromatic N) is 1. The summed E-state index contributed by atoms with van der Waals surface area (Å²) in [6.45, 7) is 5.92. The first kappa shape index (κ1) is 18.8. The lowest BCUT2D eigenvalue weighted by atomic mass is 9.89. The van der Waals surface area contributed by atoms with E-state index in [1.807, 2.05) is 26.0 Å². The summed E-state index contributed by atoms with van der Waals surface area (Å²) in [5, 5.41) is 13.7. The maximum absolute atomic E-state index is 12.3. The van der Waals surface area contributed by atoms with E-state index < -0.39 is 0 Å². The van der Waals surface area contributed by atoms with Crippen molar-refractivity contribution in [3.63, 3.8) is 0 Å². The van der Waals surface area contributed by atoms with Crippen molar-refractivity contribution in [2.24, 2.45) is 5.92 Å². The fourth-order valence-electron chi connectivity index (χ4n) is 3.26. The maximum Gasteiger partial charge on any atom is 0.262 e. The largest absolute Gasteiger partial charge is 0.484 e. The molecule has 0 bridgehead atoms. The summed E-state index contributed by atoms with van der Waals surface area (Å²) in [6, 6.07) is 5.89. The minimum absolute atomic E-state index is 0.107. The highest BCUT2D eigenvalue weighted by molar-refractivity contribution is 7.16. The molecule has 0 fully saturated rings. The van der Waals surface area contributed by atoms with E-state index in [9.17, 15) is 10.1 Å². The van der Waals surface area contributed by atoms with Gasteiger partial charge < -0.3 is 10.1 Å². The van der Waals surface area contributed by atoms with Gasteiger partial charge >= 0.3 is 0 Å². The molecule has 1 N–H and O–H groups in total. The fourth-order valence-corrected chi connectivity index (χ4v) is 4.74. The quantitative estimate of drug-likeness (QED) is 0.798. The van der Waals surface area contributed by atoms with Gasteiger partial charge in [0.2, 0.25) is 0 Å². The lowest BCUT2D eigenvalue weighted by molar-refractivity contribution is -0.118. The standard InChI is InChI=1S/C20H21ClN2O2S/c1-11-4-5-15-16(9-22)20(26-17(15)6-11)23-18(24)10-25-14-7-12(2)19(21)13(3)8-14/h7-8,11H,4-6,10H2,1-3H3,(H,23,24)/t11-/m1/s1. The van der Waals surface area contributed by atoms with Crippen LogP contribution in [0.2, 0.25) is 5.02 Å². The van der Waals surface area contributed by atoms with E-state index in [4.69, 9.17) is 16.3 Å². The van der Waals surface area contributed by atoms with Gasteiger partial charge in [-0.05, 0) is 67.9 Å². The molecule has 1 atom stereocenters. The van der Waals surface area contributed by atoms with Gasteiger partial charge in [0.15, 0.2) is 6.61 Å². The number of amides is 1. The van der Waals surface area contributed by atoms with Crippen LogP contribution in [0.25, 0.3) is 0 Å². The van der Waals surface area contributed by atoms with Crippen molar-refractivity contribution in [3.05, 3.63) is 44.3 Å². The predicted molar refractivity (Wildman–Crippen MR) is 105 cm³/mol. The summed E-state index contributed by atoms with van der Waals surface area (Å²) in [5.74, 6) is 0.966. The number of fused-ring (bicyclic) bond motifs is 1. The van der Waals surface area contributed by atoms with Crippen LogP contribution in [-0.2, 0) is 17.6 Å². The molecule has 0 aliphatic heterocycles. The van der Waals surface area contributed by atoms with E-state index in [0.717, 1.165) is 36.0 Å². The van der Waals surface area contributed by atoms with Crippen LogP contribution in [0, 0.1) is 31.1 Å². The number of thiophene rings is 1. The molecule has 1 amide bonds. The van der Waals surface area contributed by atoms with Gasteiger partial charge in [-0.2, -0.15) is 5.26 Å². The van der Waals surface area contributed by atoms with Crippen LogP contribution in [0.5, 0.6) is 5.75 Å². The molecule has 0 saturated carbocycles. The van der Waals surface area contributed by atoms with Gasteiger partial charge in [0.05, 0.1) is 5.56 Å². The predicted octanol–water partition coefficient (Wildman–Crippen LogP) is 5.03. The van der Waals surface area contributed by atoms with Crippen LogP contribution < -0.4 is 10.1 Å². The molecule has 0 saturated heterocycles. The van der Waals surface area contributed by atoms with Crippen molar-refractivity contribution in [2.75, 3.05) is 11.9 Å². The zero-order valence-electron chi connectivity index (χ0n) is 15.1. The molecule has 0 radical (unpaired) electrons. The second kappa shape index (κ2) is 7.69. The molecule has 1 aliphatic carbocycles. The Hall–Kier alpha value is -2.03. The Morgan fingerprint density at radius 3 is 2.77 bits per heavy atom. The summed E-state index contributed by atoms with van der Waals surface area (Å²) in [7, 11) is 0. The molecular weight excluding hydrogens is 368 g/mol. The smallest absolute Gasteiger partial charge is 0.262 e. The fraction of sp³-hybridized carbons (Fsp3) is 0.400. The number of nitriles is 1. The Balaban J connectivity index is 1.68. The molecule has 1 aliphatic rings. The van der Waals surface area contributed by atoms with Crippen LogP contribution in [0.4, 0.5) is 5.00 Å². The zero-order valence-corrected chi connectivity index (χ0v) is 16.7. The van der Waals surface area contributed by atoms with Gasteiger partial charge in [-0.3, -0.25) is 4.79 Å². The van der Waals surface area contributed by atoms with Crippen LogP contribution in [0.1, 0.15) is 40.5 Å². The Labute approximate surface area is 162 Å². The molecule has 1 aromatic heterocycles. The number of hydrogen-bond acceptors (Lipinski definition) is 4. The molecule has 4 nitrogen and oxygen atoms in total. The minimum atomic E-state index is -0.265. The summed E-state index contributed by atoms with van der Waals surface area (Å²) in [4.78, 5) is 13.5. The van der Waals surface area contributed by atoms with E-state index in [1.165, 1.54) is 16.2 Å². The van der Waals surface area contributed by atoms with Crippen LogP contribution >= 0.6 is 22.9 Å². The van der Waals surface area contributed by atoms with Crippen LogP contribution in [0.3, 0.4) is 0 Å². The molecule has 2 aromatic rings. The zero-order chi connectivity index (χ0) is 18.8.